The molecule has 0 spiro atoms. The van der Waals surface area contributed by atoms with Gasteiger partial charge in [-0.1, -0.05) is 165 Å². The number of esters is 3. The van der Waals surface area contributed by atoms with E-state index in [0.717, 1.165) is 103 Å². The van der Waals surface area contributed by atoms with Gasteiger partial charge >= 0.3 is 17.9 Å². The number of hydrogen-bond acceptors (Lipinski definition) is 6. The Labute approximate surface area is 345 Å². The summed E-state index contributed by atoms with van der Waals surface area (Å²) in [6, 6.07) is 0. The molecule has 0 aliphatic rings. The minimum Gasteiger partial charge on any atom is -0.462 e. The summed E-state index contributed by atoms with van der Waals surface area (Å²) in [5.74, 6) is -0.954. The molecule has 0 saturated heterocycles. The third-order valence-corrected chi connectivity index (χ3v) is 9.74. The molecule has 1 atom stereocenters. The zero-order chi connectivity index (χ0) is 40.8. The first-order chi connectivity index (χ1) is 27.5. The Morgan fingerprint density at radius 2 is 0.696 bits per heavy atom. The van der Waals surface area contributed by atoms with E-state index in [0.29, 0.717) is 19.3 Å². The van der Waals surface area contributed by atoms with Crippen LogP contribution >= 0.6 is 0 Å². The fourth-order valence-corrected chi connectivity index (χ4v) is 6.28. The molecule has 0 radical (unpaired) electrons. The minimum atomic E-state index is -0.793. The Balaban J connectivity index is 4.36. The fourth-order valence-electron chi connectivity index (χ4n) is 6.28. The number of hydrogen-bond donors (Lipinski definition) is 0. The second kappa shape index (κ2) is 44.8. The van der Waals surface area contributed by atoms with E-state index < -0.39 is 6.10 Å². The lowest BCUT2D eigenvalue weighted by molar-refractivity contribution is -0.167. The van der Waals surface area contributed by atoms with Gasteiger partial charge in [0.1, 0.15) is 13.2 Å². The van der Waals surface area contributed by atoms with Crippen LogP contribution in [0.3, 0.4) is 0 Å². The van der Waals surface area contributed by atoms with Crippen LogP contribution in [0.1, 0.15) is 220 Å². The van der Waals surface area contributed by atoms with E-state index in [1.807, 2.05) is 0 Å². The van der Waals surface area contributed by atoms with Crippen molar-refractivity contribution in [2.75, 3.05) is 13.2 Å². The molecule has 0 N–H and O–H groups in total. The number of unbranched alkanes of at least 4 members (excludes halogenated alkanes) is 20. The molecule has 0 aliphatic heterocycles. The monoisotopic (exact) mass is 783 g/mol. The fraction of sp³-hybridized carbons (Fsp3) is 0.740. The summed E-state index contributed by atoms with van der Waals surface area (Å²) in [7, 11) is 0. The molecule has 0 saturated carbocycles. The third kappa shape index (κ3) is 42.3. The molecule has 1 unspecified atom stereocenters. The Bertz CT molecular complexity index is 1040. The van der Waals surface area contributed by atoms with Crippen LogP contribution in [-0.2, 0) is 28.6 Å². The van der Waals surface area contributed by atoms with Crippen molar-refractivity contribution < 1.29 is 28.6 Å². The summed E-state index contributed by atoms with van der Waals surface area (Å²) in [6.45, 7) is 6.34. The Kier molecular flexibility index (Phi) is 42.5. The standard InChI is InChI=1S/C50H86O6/c1-4-7-10-13-16-19-21-23-24-25-26-27-29-31-34-37-40-43-49(52)55-46-47(45-54-48(51)42-39-36-33-30-18-15-12-9-6-3)56-50(53)44-41-38-35-32-28-22-20-17-14-11-8-5-2/h8-9,11-12,17-18,20,23-24,30,47H,4-7,10,13-16,19,21-22,25-29,31-46H2,1-3H3/b11-8-,12-9-,20-17-,24-23-,30-18-. The average molecular weight is 783 g/mol. The van der Waals surface area contributed by atoms with Crippen LogP contribution in [0, 0.1) is 0 Å². The van der Waals surface area contributed by atoms with Gasteiger partial charge < -0.3 is 14.2 Å². The molecule has 6 heteroatoms. The van der Waals surface area contributed by atoms with Crippen molar-refractivity contribution in [1.29, 1.82) is 0 Å². The summed E-state index contributed by atoms with van der Waals surface area (Å²) >= 11 is 0. The molecule has 0 aromatic heterocycles. The first-order valence-electron chi connectivity index (χ1n) is 23.3. The summed E-state index contributed by atoms with van der Waals surface area (Å²) in [6.07, 6.45) is 53.6. The normalized spacial score (nSPS) is 12.6. The highest BCUT2D eigenvalue weighted by Crippen LogP contribution is 2.13. The molecule has 0 aromatic rings. The number of carbonyl (C=O) groups excluding carboxylic acids is 3. The van der Waals surface area contributed by atoms with Crippen molar-refractivity contribution in [3.05, 3.63) is 60.8 Å². The lowest BCUT2D eigenvalue weighted by Crippen LogP contribution is -2.30. The van der Waals surface area contributed by atoms with Gasteiger partial charge in [0.15, 0.2) is 6.10 Å². The van der Waals surface area contributed by atoms with Gasteiger partial charge in [0.05, 0.1) is 0 Å². The maximum absolute atomic E-state index is 12.7. The maximum Gasteiger partial charge on any atom is 0.306 e. The highest BCUT2D eigenvalue weighted by atomic mass is 16.6. The van der Waals surface area contributed by atoms with Crippen LogP contribution in [0.15, 0.2) is 60.8 Å². The van der Waals surface area contributed by atoms with Gasteiger partial charge in [-0.3, -0.25) is 14.4 Å². The van der Waals surface area contributed by atoms with Gasteiger partial charge in [0.2, 0.25) is 0 Å². The maximum atomic E-state index is 12.7. The van der Waals surface area contributed by atoms with Crippen molar-refractivity contribution in [2.45, 2.75) is 226 Å². The molecular formula is C50H86O6. The largest absolute Gasteiger partial charge is 0.462 e. The SMILES string of the molecule is CC/C=C\C/C=C\CCCCCCCC(=O)OC(COC(=O)CCCC/C=C\C/C=C\CC)COC(=O)CCCCCCCCC/C=C\CCCCCCCC. The second-order valence-corrected chi connectivity index (χ2v) is 15.2. The molecule has 0 heterocycles. The van der Waals surface area contributed by atoms with Gasteiger partial charge in [-0.15, -0.1) is 0 Å². The lowest BCUT2D eigenvalue weighted by Gasteiger charge is -2.18. The summed E-state index contributed by atoms with van der Waals surface area (Å²) in [4.78, 5) is 37.7. The van der Waals surface area contributed by atoms with Crippen LogP contribution in [0.25, 0.3) is 0 Å². The van der Waals surface area contributed by atoms with Crippen LogP contribution in [0.2, 0.25) is 0 Å². The molecule has 0 bridgehead atoms. The molecule has 0 rings (SSSR count). The topological polar surface area (TPSA) is 78.9 Å². The quantitative estimate of drug-likeness (QED) is 0.0266. The number of allylic oxidation sites excluding steroid dienone is 10. The van der Waals surface area contributed by atoms with Crippen LogP contribution in [0.4, 0.5) is 0 Å². The van der Waals surface area contributed by atoms with E-state index in [9.17, 15) is 14.4 Å². The smallest absolute Gasteiger partial charge is 0.306 e. The van der Waals surface area contributed by atoms with E-state index in [-0.39, 0.29) is 31.1 Å². The lowest BCUT2D eigenvalue weighted by atomic mass is 10.1. The molecule has 0 amide bonds. The van der Waals surface area contributed by atoms with Gasteiger partial charge in [0, 0.05) is 19.3 Å². The summed E-state index contributed by atoms with van der Waals surface area (Å²) in [5.41, 5.74) is 0. The highest BCUT2D eigenvalue weighted by molar-refractivity contribution is 5.71. The summed E-state index contributed by atoms with van der Waals surface area (Å²) < 4.78 is 16.6. The van der Waals surface area contributed by atoms with Crippen molar-refractivity contribution in [3.8, 4) is 0 Å². The van der Waals surface area contributed by atoms with E-state index in [2.05, 4.69) is 81.5 Å². The van der Waals surface area contributed by atoms with Crippen LogP contribution in [-0.4, -0.2) is 37.2 Å². The van der Waals surface area contributed by atoms with Crippen molar-refractivity contribution in [3.63, 3.8) is 0 Å². The number of ether oxygens (including phenoxy) is 3. The van der Waals surface area contributed by atoms with Gasteiger partial charge in [0.25, 0.3) is 0 Å². The van der Waals surface area contributed by atoms with Gasteiger partial charge in [-0.2, -0.15) is 0 Å². The van der Waals surface area contributed by atoms with Gasteiger partial charge in [-0.05, 0) is 96.3 Å². The first-order valence-corrected chi connectivity index (χ1v) is 23.3. The number of rotatable bonds is 41. The van der Waals surface area contributed by atoms with Crippen molar-refractivity contribution in [1.82, 2.24) is 0 Å². The van der Waals surface area contributed by atoms with Gasteiger partial charge in [-0.25, -0.2) is 0 Å². The van der Waals surface area contributed by atoms with Crippen molar-refractivity contribution in [2.24, 2.45) is 0 Å². The van der Waals surface area contributed by atoms with Crippen molar-refractivity contribution >= 4 is 17.9 Å². The minimum absolute atomic E-state index is 0.0930. The predicted octanol–water partition coefficient (Wildman–Crippen LogP) is 14.9. The Morgan fingerprint density at radius 1 is 0.375 bits per heavy atom. The highest BCUT2D eigenvalue weighted by Gasteiger charge is 2.19. The van der Waals surface area contributed by atoms with E-state index in [4.69, 9.17) is 14.2 Å². The van der Waals surface area contributed by atoms with Crippen LogP contribution < -0.4 is 0 Å². The Hall–Kier alpha value is -2.89. The molecule has 322 valence electrons. The molecule has 0 aliphatic carbocycles. The number of carbonyl (C=O) groups is 3. The Morgan fingerprint density at radius 3 is 1.12 bits per heavy atom. The predicted molar refractivity (Wildman–Crippen MR) is 238 cm³/mol. The van der Waals surface area contributed by atoms with E-state index in [1.54, 1.807) is 0 Å². The molecule has 6 nitrogen and oxygen atoms in total. The molecular weight excluding hydrogens is 697 g/mol. The zero-order valence-electron chi connectivity index (χ0n) is 36.6. The second-order valence-electron chi connectivity index (χ2n) is 15.2. The average Bonchev–Trinajstić information content (AvgIpc) is 3.19. The van der Waals surface area contributed by atoms with E-state index in [1.165, 1.54) is 77.0 Å². The molecule has 0 aromatic carbocycles. The summed E-state index contributed by atoms with van der Waals surface area (Å²) in [5, 5.41) is 0. The molecule has 56 heavy (non-hydrogen) atoms. The van der Waals surface area contributed by atoms with E-state index >= 15 is 0 Å². The third-order valence-electron chi connectivity index (χ3n) is 9.74. The zero-order valence-corrected chi connectivity index (χ0v) is 36.6. The molecule has 0 fully saturated rings. The first kappa shape index (κ1) is 53.1. The van der Waals surface area contributed by atoms with Crippen LogP contribution in [0.5, 0.6) is 0 Å².